The lowest BCUT2D eigenvalue weighted by atomic mass is 10.2. The molecule has 0 N–H and O–H groups in total. The second kappa shape index (κ2) is 3.89. The molecule has 0 unspecified atom stereocenters. The van der Waals surface area contributed by atoms with Crippen LogP contribution in [-0.2, 0) is 5.88 Å². The number of fused-ring (bicyclic) bond motifs is 1. The van der Waals surface area contributed by atoms with Gasteiger partial charge in [0.25, 0.3) is 0 Å². The summed E-state index contributed by atoms with van der Waals surface area (Å²) < 4.78 is 3.50. The molecule has 4 heteroatoms. The molecule has 0 atom stereocenters. The smallest absolute Gasteiger partial charge is 0.0579 e. The standard InChI is InChI=1S/C9H5Br2ClS/c10-5-1-2-6-7(3-5)13-8(4-12)9(6)11/h1-3H,4H2. The molecule has 0 fully saturated rings. The van der Waals surface area contributed by atoms with Crippen LogP contribution in [0.15, 0.2) is 27.1 Å². The molecule has 0 spiro atoms. The highest BCUT2D eigenvalue weighted by Crippen LogP contribution is 2.37. The topological polar surface area (TPSA) is 0 Å². The van der Waals surface area contributed by atoms with Gasteiger partial charge >= 0.3 is 0 Å². The monoisotopic (exact) mass is 338 g/mol. The zero-order valence-electron chi connectivity index (χ0n) is 6.48. The molecular formula is C9H5Br2ClS. The van der Waals surface area contributed by atoms with Gasteiger partial charge in [0.05, 0.1) is 5.88 Å². The molecule has 0 amide bonds. The normalized spacial score (nSPS) is 11.0. The molecule has 68 valence electrons. The average Bonchev–Trinajstić information content (AvgIpc) is 2.42. The first-order valence-corrected chi connectivity index (χ1v) is 6.58. The van der Waals surface area contributed by atoms with E-state index in [4.69, 9.17) is 11.6 Å². The molecule has 0 aliphatic rings. The van der Waals surface area contributed by atoms with Crippen molar-refractivity contribution in [1.82, 2.24) is 0 Å². The number of rotatable bonds is 1. The Kier molecular flexibility index (Phi) is 2.98. The second-order valence-corrected chi connectivity index (χ2v) is 5.73. The summed E-state index contributed by atoms with van der Waals surface area (Å²) in [5.74, 6) is 0.567. The van der Waals surface area contributed by atoms with Crippen molar-refractivity contribution < 1.29 is 0 Å². The van der Waals surface area contributed by atoms with Crippen LogP contribution in [0.5, 0.6) is 0 Å². The van der Waals surface area contributed by atoms with Crippen LogP contribution in [0.1, 0.15) is 4.88 Å². The number of hydrogen-bond acceptors (Lipinski definition) is 1. The minimum atomic E-state index is 0.567. The van der Waals surface area contributed by atoms with E-state index >= 15 is 0 Å². The number of benzene rings is 1. The summed E-state index contributed by atoms with van der Waals surface area (Å²) in [5, 5.41) is 1.24. The van der Waals surface area contributed by atoms with E-state index in [0.717, 1.165) is 8.95 Å². The van der Waals surface area contributed by atoms with E-state index in [0.29, 0.717) is 5.88 Å². The molecule has 13 heavy (non-hydrogen) atoms. The summed E-state index contributed by atoms with van der Waals surface area (Å²) in [6.45, 7) is 0. The van der Waals surface area contributed by atoms with Gasteiger partial charge in [-0.3, -0.25) is 0 Å². The van der Waals surface area contributed by atoms with Crippen molar-refractivity contribution in [3.63, 3.8) is 0 Å². The molecule has 1 aromatic heterocycles. The van der Waals surface area contributed by atoms with E-state index in [-0.39, 0.29) is 0 Å². The molecule has 0 saturated carbocycles. The van der Waals surface area contributed by atoms with Crippen LogP contribution < -0.4 is 0 Å². The number of hydrogen-bond donors (Lipinski definition) is 0. The Morgan fingerprint density at radius 1 is 1.31 bits per heavy atom. The fourth-order valence-corrected chi connectivity index (χ4v) is 3.99. The lowest BCUT2D eigenvalue weighted by Crippen LogP contribution is -1.68. The van der Waals surface area contributed by atoms with Crippen molar-refractivity contribution in [3.05, 3.63) is 32.0 Å². The van der Waals surface area contributed by atoms with Gasteiger partial charge in [0, 0.05) is 23.9 Å². The summed E-state index contributed by atoms with van der Waals surface area (Å²) in [5.41, 5.74) is 0. The van der Waals surface area contributed by atoms with E-state index < -0.39 is 0 Å². The predicted octanol–water partition coefficient (Wildman–Crippen LogP) is 5.17. The van der Waals surface area contributed by atoms with Crippen LogP contribution in [0.3, 0.4) is 0 Å². The van der Waals surface area contributed by atoms with Crippen molar-refractivity contribution in [1.29, 1.82) is 0 Å². The third-order valence-corrected chi connectivity index (χ3v) is 5.02. The van der Waals surface area contributed by atoms with E-state index in [1.165, 1.54) is 15.0 Å². The van der Waals surface area contributed by atoms with Gasteiger partial charge in [0.1, 0.15) is 0 Å². The highest BCUT2D eigenvalue weighted by atomic mass is 79.9. The highest BCUT2D eigenvalue weighted by Gasteiger charge is 2.08. The molecule has 2 rings (SSSR count). The van der Waals surface area contributed by atoms with E-state index in [9.17, 15) is 0 Å². The fraction of sp³-hybridized carbons (Fsp3) is 0.111. The van der Waals surface area contributed by atoms with Gasteiger partial charge < -0.3 is 0 Å². The van der Waals surface area contributed by atoms with Crippen molar-refractivity contribution >= 4 is 64.9 Å². The summed E-state index contributed by atoms with van der Waals surface area (Å²) in [4.78, 5) is 1.19. The largest absolute Gasteiger partial charge is 0.138 e. The minimum Gasteiger partial charge on any atom is -0.138 e. The molecule has 0 bridgehead atoms. The van der Waals surface area contributed by atoms with Crippen LogP contribution in [0.2, 0.25) is 0 Å². The summed E-state index contributed by atoms with van der Waals surface area (Å²) in [7, 11) is 0. The lowest BCUT2D eigenvalue weighted by molar-refractivity contribution is 1.51. The zero-order valence-corrected chi connectivity index (χ0v) is 11.2. The van der Waals surface area contributed by atoms with E-state index in [1.54, 1.807) is 11.3 Å². The van der Waals surface area contributed by atoms with Crippen LogP contribution in [0, 0.1) is 0 Å². The Balaban J connectivity index is 2.76. The van der Waals surface area contributed by atoms with E-state index in [2.05, 4.69) is 44.0 Å². The van der Waals surface area contributed by atoms with Crippen molar-refractivity contribution in [2.24, 2.45) is 0 Å². The predicted molar refractivity (Wildman–Crippen MR) is 66.8 cm³/mol. The molecule has 0 aliphatic carbocycles. The van der Waals surface area contributed by atoms with Gasteiger partial charge in [-0.15, -0.1) is 22.9 Å². The SMILES string of the molecule is ClCc1sc2cc(Br)ccc2c1Br. The van der Waals surface area contributed by atoms with Crippen LogP contribution in [0.25, 0.3) is 10.1 Å². The van der Waals surface area contributed by atoms with Crippen molar-refractivity contribution in [2.75, 3.05) is 0 Å². The Hall–Kier alpha value is 0.430. The molecule has 0 aliphatic heterocycles. The first kappa shape index (κ1) is 9.97. The summed E-state index contributed by atoms with van der Waals surface area (Å²) >= 11 is 14.5. The van der Waals surface area contributed by atoms with Crippen molar-refractivity contribution in [3.8, 4) is 0 Å². The van der Waals surface area contributed by atoms with Gasteiger partial charge in [-0.2, -0.15) is 0 Å². The fourth-order valence-electron chi connectivity index (χ4n) is 1.18. The third-order valence-electron chi connectivity index (χ3n) is 1.78. The maximum absolute atomic E-state index is 5.81. The van der Waals surface area contributed by atoms with Crippen LogP contribution in [-0.4, -0.2) is 0 Å². The maximum atomic E-state index is 5.81. The quantitative estimate of drug-likeness (QED) is 0.629. The van der Waals surface area contributed by atoms with Gasteiger partial charge in [0.2, 0.25) is 0 Å². The Morgan fingerprint density at radius 2 is 2.08 bits per heavy atom. The first-order chi connectivity index (χ1) is 6.22. The summed E-state index contributed by atoms with van der Waals surface area (Å²) in [6.07, 6.45) is 0. The Morgan fingerprint density at radius 3 is 2.77 bits per heavy atom. The highest BCUT2D eigenvalue weighted by molar-refractivity contribution is 9.11. The molecular weight excluding hydrogens is 335 g/mol. The molecule has 2 aromatic rings. The first-order valence-electron chi connectivity index (χ1n) is 3.65. The molecule has 0 radical (unpaired) electrons. The van der Waals surface area contributed by atoms with Crippen LogP contribution >= 0.6 is 54.8 Å². The van der Waals surface area contributed by atoms with E-state index in [1.807, 2.05) is 6.07 Å². The van der Waals surface area contributed by atoms with Gasteiger partial charge in [-0.05, 0) is 28.1 Å². The molecule has 0 saturated heterocycles. The van der Waals surface area contributed by atoms with Crippen LogP contribution in [0.4, 0.5) is 0 Å². The van der Waals surface area contributed by atoms with Gasteiger partial charge in [0.15, 0.2) is 0 Å². The lowest BCUT2D eigenvalue weighted by Gasteiger charge is -1.91. The third kappa shape index (κ3) is 1.80. The zero-order chi connectivity index (χ0) is 9.42. The van der Waals surface area contributed by atoms with Gasteiger partial charge in [-0.25, -0.2) is 0 Å². The Bertz CT molecular complexity index is 450. The number of thiophene rings is 1. The maximum Gasteiger partial charge on any atom is 0.0579 e. The van der Waals surface area contributed by atoms with Gasteiger partial charge in [-0.1, -0.05) is 22.0 Å². The Labute approximate surface area is 102 Å². The number of alkyl halides is 1. The second-order valence-electron chi connectivity index (χ2n) is 2.61. The van der Waals surface area contributed by atoms with Crippen molar-refractivity contribution in [2.45, 2.75) is 5.88 Å². The molecule has 1 heterocycles. The molecule has 1 aromatic carbocycles. The minimum absolute atomic E-state index is 0.567. The number of halogens is 3. The average molecular weight is 340 g/mol. The summed E-state index contributed by atoms with van der Waals surface area (Å²) in [6, 6.07) is 6.24. The molecule has 0 nitrogen and oxygen atoms in total.